The van der Waals surface area contributed by atoms with Crippen molar-refractivity contribution in [1.82, 2.24) is 15.2 Å². The Morgan fingerprint density at radius 2 is 1.94 bits per heavy atom. The van der Waals surface area contributed by atoms with Gasteiger partial charge < -0.3 is 15.1 Å². The largest absolute Gasteiger partial charge is 0.393 e. The Morgan fingerprint density at radius 1 is 1.21 bits per heavy atom. The number of amides is 2. The molecule has 34 heavy (non-hydrogen) atoms. The summed E-state index contributed by atoms with van der Waals surface area (Å²) >= 11 is 0. The van der Waals surface area contributed by atoms with Gasteiger partial charge in [0, 0.05) is 62.3 Å². The van der Waals surface area contributed by atoms with Crippen molar-refractivity contribution in [3.05, 3.63) is 36.0 Å². The predicted molar refractivity (Wildman–Crippen MR) is 122 cm³/mol. The van der Waals surface area contributed by atoms with E-state index in [1.165, 1.54) is 6.20 Å². The van der Waals surface area contributed by atoms with Crippen LogP contribution in [0.4, 0.5) is 18.9 Å². The minimum absolute atomic E-state index is 0.0125. The number of rotatable bonds is 7. The number of pyridine rings is 1. The van der Waals surface area contributed by atoms with Gasteiger partial charge in [0.1, 0.15) is 6.07 Å². The zero-order valence-electron chi connectivity index (χ0n) is 19.2. The van der Waals surface area contributed by atoms with E-state index in [4.69, 9.17) is 0 Å². The molecule has 1 aliphatic heterocycles. The topological polar surface area (TPSA) is 89.3 Å². The Morgan fingerprint density at radius 3 is 2.59 bits per heavy atom. The lowest BCUT2D eigenvalue weighted by molar-refractivity contribution is -0.178. The third-order valence-electron chi connectivity index (χ3n) is 6.17. The number of hydrogen-bond acceptors (Lipinski definition) is 5. The molecule has 0 saturated carbocycles. The molecule has 0 aliphatic carbocycles. The Labute approximate surface area is 196 Å². The number of alkyl halides is 3. The summed E-state index contributed by atoms with van der Waals surface area (Å²) < 4.78 is 41.2. The van der Waals surface area contributed by atoms with Gasteiger partial charge in [0.2, 0.25) is 11.8 Å². The number of carbonyl (C=O) groups excluding carboxylic acids is 2. The third-order valence-corrected chi connectivity index (χ3v) is 6.17. The van der Waals surface area contributed by atoms with Crippen molar-refractivity contribution in [3.63, 3.8) is 0 Å². The Balaban J connectivity index is 1.79. The Hall–Kier alpha value is -3.35. The lowest BCUT2D eigenvalue weighted by Crippen LogP contribution is -2.54. The van der Waals surface area contributed by atoms with Gasteiger partial charge in [-0.05, 0) is 44.5 Å². The fraction of sp³-hybridized carbons (Fsp3) is 0.500. The van der Waals surface area contributed by atoms with Crippen molar-refractivity contribution in [2.45, 2.75) is 45.3 Å². The molecule has 1 aromatic carbocycles. The van der Waals surface area contributed by atoms with Gasteiger partial charge in [0.15, 0.2) is 0 Å². The Kier molecular flexibility index (Phi) is 7.97. The van der Waals surface area contributed by atoms with Crippen LogP contribution in [0.15, 0.2) is 30.5 Å². The van der Waals surface area contributed by atoms with Gasteiger partial charge in [-0.25, -0.2) is 0 Å². The SMILES string of the molecule is CCN(CC)C(=O)CCC(=O)N[C@@H]1CC(C(F)(F)F)CN(c2ccc(C#N)c3ncccc23)C1. The quantitative estimate of drug-likeness (QED) is 0.661. The smallest absolute Gasteiger partial charge is 0.368 e. The summed E-state index contributed by atoms with van der Waals surface area (Å²) in [7, 11) is 0. The number of nitrogens with one attached hydrogen (secondary N) is 1. The van der Waals surface area contributed by atoms with E-state index in [1.54, 1.807) is 34.1 Å². The van der Waals surface area contributed by atoms with E-state index in [2.05, 4.69) is 16.4 Å². The van der Waals surface area contributed by atoms with E-state index in [-0.39, 0.29) is 38.3 Å². The number of nitriles is 1. The van der Waals surface area contributed by atoms with Gasteiger partial charge in [-0.15, -0.1) is 0 Å². The molecule has 1 fully saturated rings. The van der Waals surface area contributed by atoms with Crippen LogP contribution in [0.3, 0.4) is 0 Å². The number of piperidine rings is 1. The molecule has 1 saturated heterocycles. The van der Waals surface area contributed by atoms with E-state index in [0.29, 0.717) is 35.2 Å². The van der Waals surface area contributed by atoms with Gasteiger partial charge >= 0.3 is 6.18 Å². The number of benzene rings is 1. The summed E-state index contributed by atoms with van der Waals surface area (Å²) in [6.45, 7) is 4.68. The van der Waals surface area contributed by atoms with Crippen LogP contribution >= 0.6 is 0 Å². The van der Waals surface area contributed by atoms with Crippen LogP contribution in [0.1, 0.15) is 38.7 Å². The third kappa shape index (κ3) is 5.76. The molecule has 2 amide bonds. The minimum atomic E-state index is -4.43. The van der Waals surface area contributed by atoms with Crippen LogP contribution in [0, 0.1) is 17.2 Å². The van der Waals surface area contributed by atoms with Crippen molar-refractivity contribution < 1.29 is 22.8 Å². The van der Waals surface area contributed by atoms with Gasteiger partial charge in [0.25, 0.3) is 0 Å². The zero-order chi connectivity index (χ0) is 24.9. The number of fused-ring (bicyclic) bond motifs is 1. The summed E-state index contributed by atoms with van der Waals surface area (Å²) in [4.78, 5) is 32.1. The molecule has 2 aromatic rings. The van der Waals surface area contributed by atoms with Crippen LogP contribution in [0.2, 0.25) is 0 Å². The monoisotopic (exact) mass is 475 g/mol. The highest BCUT2D eigenvalue weighted by atomic mass is 19.4. The highest BCUT2D eigenvalue weighted by Gasteiger charge is 2.45. The molecule has 0 radical (unpaired) electrons. The minimum Gasteiger partial charge on any atom is -0.368 e. The van der Waals surface area contributed by atoms with Crippen molar-refractivity contribution in [1.29, 1.82) is 5.26 Å². The molecular weight excluding hydrogens is 447 g/mol. The van der Waals surface area contributed by atoms with Gasteiger partial charge in [-0.2, -0.15) is 18.4 Å². The fourth-order valence-electron chi connectivity index (χ4n) is 4.42. The van der Waals surface area contributed by atoms with Crippen LogP contribution in [0.25, 0.3) is 10.9 Å². The highest BCUT2D eigenvalue weighted by Crippen LogP contribution is 2.37. The summed E-state index contributed by atoms with van der Waals surface area (Å²) in [5.74, 6) is -2.24. The standard InChI is InChI=1S/C24H28F3N5O2/c1-3-31(4-2)22(34)10-9-21(33)30-18-12-17(24(25,26)27)14-32(15-18)20-8-7-16(13-28)23-19(20)6-5-11-29-23/h5-8,11,17-18H,3-4,9-10,12,14-15H2,1-2H3,(H,30,33)/t17?,18-/m1/s1. The van der Waals surface area contributed by atoms with E-state index in [9.17, 15) is 28.0 Å². The maximum absolute atomic E-state index is 13.7. The fourth-order valence-corrected chi connectivity index (χ4v) is 4.42. The number of carbonyl (C=O) groups is 2. The average molecular weight is 476 g/mol. The van der Waals surface area contributed by atoms with Crippen molar-refractivity contribution >= 4 is 28.4 Å². The summed E-state index contributed by atoms with van der Waals surface area (Å²) in [5, 5.41) is 12.6. The van der Waals surface area contributed by atoms with E-state index < -0.39 is 24.0 Å². The van der Waals surface area contributed by atoms with Gasteiger partial charge in [-0.1, -0.05) is 0 Å². The average Bonchev–Trinajstić information content (AvgIpc) is 2.82. The van der Waals surface area contributed by atoms with Gasteiger partial charge in [-0.3, -0.25) is 14.6 Å². The number of nitrogens with zero attached hydrogens (tertiary/aromatic N) is 4. The molecule has 0 bridgehead atoms. The van der Waals surface area contributed by atoms with E-state index >= 15 is 0 Å². The van der Waals surface area contributed by atoms with Crippen LogP contribution < -0.4 is 10.2 Å². The Bertz CT molecular complexity index is 1080. The number of anilines is 1. The number of aromatic nitrogens is 1. The molecule has 0 spiro atoms. The molecule has 1 aromatic heterocycles. The highest BCUT2D eigenvalue weighted by molar-refractivity contribution is 5.95. The van der Waals surface area contributed by atoms with E-state index in [1.807, 2.05) is 13.8 Å². The molecular formula is C24H28F3N5O2. The molecule has 2 heterocycles. The predicted octanol–water partition coefficient (Wildman–Crippen LogP) is 3.63. The molecule has 7 nitrogen and oxygen atoms in total. The zero-order valence-corrected chi connectivity index (χ0v) is 19.2. The lowest BCUT2D eigenvalue weighted by atomic mass is 9.92. The molecule has 3 rings (SSSR count). The first-order valence-corrected chi connectivity index (χ1v) is 11.3. The molecule has 1 aliphatic rings. The van der Waals surface area contributed by atoms with Crippen molar-refractivity contribution in [2.24, 2.45) is 5.92 Å². The first kappa shape index (κ1) is 25.3. The van der Waals surface area contributed by atoms with Crippen LogP contribution in [-0.2, 0) is 9.59 Å². The first-order valence-electron chi connectivity index (χ1n) is 11.3. The number of halogens is 3. The van der Waals surface area contributed by atoms with Crippen LogP contribution in [-0.4, -0.2) is 60.1 Å². The second-order valence-corrected chi connectivity index (χ2v) is 8.35. The molecule has 2 atom stereocenters. The van der Waals surface area contributed by atoms with Crippen molar-refractivity contribution in [3.8, 4) is 6.07 Å². The molecule has 1 N–H and O–H groups in total. The normalized spacial score (nSPS) is 18.4. The van der Waals surface area contributed by atoms with E-state index in [0.717, 1.165) is 0 Å². The molecule has 10 heteroatoms. The second kappa shape index (κ2) is 10.7. The number of hydrogen-bond donors (Lipinski definition) is 1. The summed E-state index contributed by atoms with van der Waals surface area (Å²) in [5.41, 5.74) is 1.30. The maximum Gasteiger partial charge on any atom is 0.393 e. The van der Waals surface area contributed by atoms with Crippen molar-refractivity contribution in [2.75, 3.05) is 31.1 Å². The second-order valence-electron chi connectivity index (χ2n) is 8.35. The summed E-state index contributed by atoms with van der Waals surface area (Å²) in [6.07, 6.45) is -3.20. The van der Waals surface area contributed by atoms with Crippen LogP contribution in [0.5, 0.6) is 0 Å². The maximum atomic E-state index is 13.7. The summed E-state index contributed by atoms with van der Waals surface area (Å²) in [6, 6.07) is 7.89. The first-order chi connectivity index (χ1) is 16.2. The van der Waals surface area contributed by atoms with Gasteiger partial charge in [0.05, 0.1) is 17.0 Å². The molecule has 1 unspecified atom stereocenters. The molecule has 182 valence electrons. The lowest BCUT2D eigenvalue weighted by Gasteiger charge is -2.40.